The maximum atomic E-state index is 12.5. The number of hydrogen-bond acceptors (Lipinski definition) is 4. The van der Waals surface area contributed by atoms with E-state index in [1.165, 1.54) is 0 Å². The molecule has 6 heteroatoms. The Morgan fingerprint density at radius 1 is 1.27 bits per heavy atom. The summed E-state index contributed by atoms with van der Waals surface area (Å²) in [5.74, 6) is 0.879. The van der Waals surface area contributed by atoms with E-state index in [1.807, 2.05) is 66.3 Å². The van der Waals surface area contributed by atoms with E-state index < -0.39 is 0 Å². The minimum absolute atomic E-state index is 0.0604. The Balaban J connectivity index is 1.44. The third kappa shape index (κ3) is 3.55. The Labute approximate surface area is 155 Å². The van der Waals surface area contributed by atoms with E-state index in [2.05, 4.69) is 10.3 Å². The topological polar surface area (TPSA) is 60.1 Å². The van der Waals surface area contributed by atoms with Gasteiger partial charge < -0.3 is 14.3 Å². The van der Waals surface area contributed by atoms with Gasteiger partial charge in [-0.1, -0.05) is 11.3 Å². The molecule has 4 aromatic rings. The quantitative estimate of drug-likeness (QED) is 0.550. The predicted molar refractivity (Wildman–Crippen MR) is 103 cm³/mol. The molecule has 0 radical (unpaired) electrons. The highest BCUT2D eigenvalue weighted by Gasteiger charge is 2.13. The molecule has 0 aliphatic rings. The molecule has 26 heavy (non-hydrogen) atoms. The summed E-state index contributed by atoms with van der Waals surface area (Å²) in [7, 11) is 0. The molecule has 3 heterocycles. The standard InChI is InChI=1S/C20H19N3O2S/c1-14(6-8-16-5-4-12-25-16)21-19(24)15-7-9-17-18(13-15)26-20(22-17)23-10-2-3-11-23/h2-5,7,9-14H,6,8H2,1H3,(H,21,24)/t14-/m0/s1. The predicted octanol–water partition coefficient (Wildman–Crippen LogP) is 4.43. The molecule has 0 unspecified atom stereocenters. The summed E-state index contributed by atoms with van der Waals surface area (Å²) in [6.45, 7) is 2.01. The van der Waals surface area contributed by atoms with Crippen molar-refractivity contribution in [3.05, 3.63) is 72.4 Å². The van der Waals surface area contributed by atoms with Gasteiger partial charge in [0.2, 0.25) is 0 Å². The lowest BCUT2D eigenvalue weighted by molar-refractivity contribution is 0.0938. The van der Waals surface area contributed by atoms with Gasteiger partial charge in [0.1, 0.15) is 5.76 Å². The van der Waals surface area contributed by atoms with E-state index >= 15 is 0 Å². The minimum atomic E-state index is -0.0604. The summed E-state index contributed by atoms with van der Waals surface area (Å²) in [6, 6.07) is 13.5. The van der Waals surface area contributed by atoms with Crippen molar-refractivity contribution in [3.63, 3.8) is 0 Å². The number of nitrogens with zero attached hydrogens (tertiary/aromatic N) is 2. The van der Waals surface area contributed by atoms with Crippen molar-refractivity contribution in [2.45, 2.75) is 25.8 Å². The monoisotopic (exact) mass is 365 g/mol. The van der Waals surface area contributed by atoms with Crippen LogP contribution in [0.2, 0.25) is 0 Å². The number of thiazole rings is 1. The number of aromatic nitrogens is 2. The Morgan fingerprint density at radius 3 is 2.88 bits per heavy atom. The number of carbonyl (C=O) groups is 1. The molecule has 4 rings (SSSR count). The number of amides is 1. The highest BCUT2D eigenvalue weighted by molar-refractivity contribution is 7.20. The van der Waals surface area contributed by atoms with Crippen LogP contribution in [0, 0.1) is 0 Å². The molecule has 0 saturated heterocycles. The molecular weight excluding hydrogens is 346 g/mol. The molecule has 0 fully saturated rings. The number of aryl methyl sites for hydroxylation is 1. The number of rotatable bonds is 6. The summed E-state index contributed by atoms with van der Waals surface area (Å²) < 4.78 is 8.31. The third-order valence-electron chi connectivity index (χ3n) is 4.25. The van der Waals surface area contributed by atoms with E-state index in [0.717, 1.165) is 34.0 Å². The SMILES string of the molecule is C[C@@H](CCc1ccco1)NC(=O)c1ccc2nc(-n3cccc3)sc2c1. The van der Waals surface area contributed by atoms with E-state index in [-0.39, 0.29) is 11.9 Å². The van der Waals surface area contributed by atoms with Crippen molar-refractivity contribution in [2.24, 2.45) is 0 Å². The van der Waals surface area contributed by atoms with Crippen LogP contribution in [0.1, 0.15) is 29.5 Å². The van der Waals surface area contributed by atoms with Crippen molar-refractivity contribution in [1.82, 2.24) is 14.9 Å². The average molecular weight is 365 g/mol. The van der Waals surface area contributed by atoms with Gasteiger partial charge in [-0.25, -0.2) is 4.98 Å². The molecule has 1 N–H and O–H groups in total. The van der Waals surface area contributed by atoms with Crippen LogP contribution in [0.3, 0.4) is 0 Å². The summed E-state index contributed by atoms with van der Waals surface area (Å²) in [5.41, 5.74) is 1.56. The van der Waals surface area contributed by atoms with Crippen LogP contribution in [-0.4, -0.2) is 21.5 Å². The van der Waals surface area contributed by atoms with Gasteiger partial charge in [0.05, 0.1) is 16.5 Å². The largest absolute Gasteiger partial charge is 0.469 e. The van der Waals surface area contributed by atoms with Crippen LogP contribution in [0.25, 0.3) is 15.3 Å². The Bertz CT molecular complexity index is 1000. The van der Waals surface area contributed by atoms with Gasteiger partial charge in [0.15, 0.2) is 5.13 Å². The number of nitrogens with one attached hydrogen (secondary N) is 1. The smallest absolute Gasteiger partial charge is 0.251 e. The lowest BCUT2D eigenvalue weighted by atomic mass is 10.1. The molecule has 5 nitrogen and oxygen atoms in total. The van der Waals surface area contributed by atoms with Crippen LogP contribution in [0.4, 0.5) is 0 Å². The number of hydrogen-bond donors (Lipinski definition) is 1. The van der Waals surface area contributed by atoms with E-state index in [1.54, 1.807) is 17.6 Å². The Morgan fingerprint density at radius 2 is 2.12 bits per heavy atom. The number of carbonyl (C=O) groups excluding carboxylic acids is 1. The summed E-state index contributed by atoms with van der Waals surface area (Å²) >= 11 is 1.57. The van der Waals surface area contributed by atoms with E-state index in [4.69, 9.17) is 4.42 Å². The maximum absolute atomic E-state index is 12.5. The van der Waals surface area contributed by atoms with Gasteiger partial charge in [0.25, 0.3) is 5.91 Å². The zero-order valence-electron chi connectivity index (χ0n) is 14.4. The first-order valence-electron chi connectivity index (χ1n) is 8.56. The molecule has 0 spiro atoms. The van der Waals surface area contributed by atoms with Crippen molar-refractivity contribution >= 4 is 27.5 Å². The molecule has 1 amide bonds. The molecule has 132 valence electrons. The summed E-state index contributed by atoms with van der Waals surface area (Å²) in [5, 5.41) is 3.95. The molecule has 1 atom stereocenters. The van der Waals surface area contributed by atoms with Crippen molar-refractivity contribution < 1.29 is 9.21 Å². The number of benzene rings is 1. The van der Waals surface area contributed by atoms with Gasteiger partial charge in [-0.15, -0.1) is 0 Å². The molecular formula is C20H19N3O2S. The second-order valence-electron chi connectivity index (χ2n) is 6.26. The third-order valence-corrected chi connectivity index (χ3v) is 5.28. The summed E-state index contributed by atoms with van der Waals surface area (Å²) in [4.78, 5) is 17.2. The zero-order chi connectivity index (χ0) is 17.9. The van der Waals surface area contributed by atoms with Crippen LogP contribution >= 0.6 is 11.3 Å². The average Bonchev–Trinajstić information content (AvgIpc) is 3.40. The van der Waals surface area contributed by atoms with Crippen LogP contribution in [0.15, 0.2) is 65.5 Å². The first-order chi connectivity index (χ1) is 12.7. The highest BCUT2D eigenvalue weighted by atomic mass is 32.1. The van der Waals surface area contributed by atoms with Gasteiger partial charge in [-0.05, 0) is 55.8 Å². The van der Waals surface area contributed by atoms with Crippen LogP contribution < -0.4 is 5.32 Å². The lowest BCUT2D eigenvalue weighted by Crippen LogP contribution is -2.32. The number of fused-ring (bicyclic) bond motifs is 1. The van der Waals surface area contributed by atoms with Crippen molar-refractivity contribution in [2.75, 3.05) is 0 Å². The van der Waals surface area contributed by atoms with Crippen molar-refractivity contribution in [3.8, 4) is 5.13 Å². The fourth-order valence-electron chi connectivity index (χ4n) is 2.82. The van der Waals surface area contributed by atoms with E-state index in [9.17, 15) is 4.79 Å². The summed E-state index contributed by atoms with van der Waals surface area (Å²) in [6.07, 6.45) is 7.24. The molecule has 0 bridgehead atoms. The second kappa shape index (κ2) is 7.17. The van der Waals surface area contributed by atoms with Crippen LogP contribution in [0.5, 0.6) is 0 Å². The fraction of sp³-hybridized carbons (Fsp3) is 0.200. The molecule has 0 saturated carbocycles. The highest BCUT2D eigenvalue weighted by Crippen LogP contribution is 2.26. The van der Waals surface area contributed by atoms with Gasteiger partial charge in [-0.2, -0.15) is 0 Å². The molecule has 1 aromatic carbocycles. The van der Waals surface area contributed by atoms with Crippen LogP contribution in [-0.2, 0) is 6.42 Å². The van der Waals surface area contributed by atoms with Gasteiger partial charge in [0, 0.05) is 30.4 Å². The Hall–Kier alpha value is -2.86. The molecule has 3 aromatic heterocycles. The first-order valence-corrected chi connectivity index (χ1v) is 9.38. The second-order valence-corrected chi connectivity index (χ2v) is 7.27. The normalized spacial score (nSPS) is 12.3. The lowest BCUT2D eigenvalue weighted by Gasteiger charge is -2.13. The van der Waals surface area contributed by atoms with Gasteiger partial charge >= 0.3 is 0 Å². The zero-order valence-corrected chi connectivity index (χ0v) is 15.2. The fourth-order valence-corrected chi connectivity index (χ4v) is 3.79. The van der Waals surface area contributed by atoms with E-state index in [0.29, 0.717) is 5.56 Å². The molecule has 0 aliphatic heterocycles. The van der Waals surface area contributed by atoms with Gasteiger partial charge in [-0.3, -0.25) is 4.79 Å². The number of furan rings is 1. The Kier molecular flexibility index (Phi) is 4.58. The minimum Gasteiger partial charge on any atom is -0.469 e. The molecule has 0 aliphatic carbocycles. The van der Waals surface area contributed by atoms with Crippen molar-refractivity contribution in [1.29, 1.82) is 0 Å². The first kappa shape index (κ1) is 16.6. The maximum Gasteiger partial charge on any atom is 0.251 e.